The molecule has 0 unspecified atom stereocenters. The average molecular weight is 315 g/mol. The number of furan rings is 1. The molecule has 0 aliphatic carbocycles. The normalized spacial score (nSPS) is 11.6. The standard InChI is InChI=1S/C15H7BrO3/c16-8-5-6-9-12(7-8)18-14-10-3-1-2-4-11(10)19-15(17)13(9)14/h1-7H. The molecule has 2 heterocycles. The quantitative estimate of drug-likeness (QED) is 0.450. The molecule has 2 aromatic carbocycles. The second-order valence-electron chi connectivity index (χ2n) is 4.33. The summed E-state index contributed by atoms with van der Waals surface area (Å²) in [6, 6.07) is 13.0. The minimum atomic E-state index is -0.366. The highest BCUT2D eigenvalue weighted by atomic mass is 79.9. The maximum Gasteiger partial charge on any atom is 0.348 e. The van der Waals surface area contributed by atoms with Crippen molar-refractivity contribution in [1.29, 1.82) is 0 Å². The molecule has 3 nitrogen and oxygen atoms in total. The van der Waals surface area contributed by atoms with Crippen molar-refractivity contribution in [2.75, 3.05) is 0 Å². The van der Waals surface area contributed by atoms with Gasteiger partial charge >= 0.3 is 5.63 Å². The molecular formula is C15H7BrO3. The van der Waals surface area contributed by atoms with Crippen molar-refractivity contribution in [3.63, 3.8) is 0 Å². The van der Waals surface area contributed by atoms with Gasteiger partial charge in [-0.3, -0.25) is 0 Å². The topological polar surface area (TPSA) is 43.4 Å². The highest BCUT2D eigenvalue weighted by molar-refractivity contribution is 9.10. The summed E-state index contributed by atoms with van der Waals surface area (Å²) in [6.07, 6.45) is 0. The molecule has 0 spiro atoms. The second-order valence-corrected chi connectivity index (χ2v) is 5.25. The Balaban J connectivity index is 2.37. The van der Waals surface area contributed by atoms with Gasteiger partial charge in [0.2, 0.25) is 0 Å². The van der Waals surface area contributed by atoms with Crippen molar-refractivity contribution in [2.24, 2.45) is 0 Å². The molecule has 0 aliphatic rings. The minimum Gasteiger partial charge on any atom is -0.455 e. The molecule has 4 rings (SSSR count). The zero-order valence-electron chi connectivity index (χ0n) is 9.64. The molecule has 4 heteroatoms. The third-order valence-electron chi connectivity index (χ3n) is 3.19. The lowest BCUT2D eigenvalue weighted by Crippen LogP contribution is -1.97. The molecule has 0 saturated carbocycles. The zero-order chi connectivity index (χ0) is 13.0. The van der Waals surface area contributed by atoms with Gasteiger partial charge in [-0.25, -0.2) is 4.79 Å². The summed E-state index contributed by atoms with van der Waals surface area (Å²) < 4.78 is 12.1. The van der Waals surface area contributed by atoms with E-state index >= 15 is 0 Å². The molecule has 0 amide bonds. The van der Waals surface area contributed by atoms with Gasteiger partial charge in [-0.05, 0) is 30.3 Å². The molecule has 19 heavy (non-hydrogen) atoms. The van der Waals surface area contributed by atoms with Crippen molar-refractivity contribution in [3.8, 4) is 0 Å². The van der Waals surface area contributed by atoms with Crippen molar-refractivity contribution in [1.82, 2.24) is 0 Å². The van der Waals surface area contributed by atoms with Crippen LogP contribution in [0.5, 0.6) is 0 Å². The van der Waals surface area contributed by atoms with Crippen LogP contribution in [0.15, 0.2) is 60.6 Å². The lowest BCUT2D eigenvalue weighted by Gasteiger charge is -1.95. The van der Waals surface area contributed by atoms with Crippen LogP contribution < -0.4 is 5.63 Å². The van der Waals surface area contributed by atoms with E-state index < -0.39 is 0 Å². The number of benzene rings is 2. The summed E-state index contributed by atoms with van der Waals surface area (Å²) in [5.74, 6) is 0. The summed E-state index contributed by atoms with van der Waals surface area (Å²) in [7, 11) is 0. The van der Waals surface area contributed by atoms with Crippen LogP contribution in [0.1, 0.15) is 0 Å². The predicted octanol–water partition coefficient (Wildman–Crippen LogP) is 4.45. The fourth-order valence-corrected chi connectivity index (χ4v) is 2.70. The number of halogens is 1. The highest BCUT2D eigenvalue weighted by Gasteiger charge is 2.15. The fraction of sp³-hybridized carbons (Fsp3) is 0. The smallest absolute Gasteiger partial charge is 0.348 e. The maximum atomic E-state index is 12.1. The maximum absolute atomic E-state index is 12.1. The molecule has 2 aromatic heterocycles. The van der Waals surface area contributed by atoms with Crippen LogP contribution in [-0.4, -0.2) is 0 Å². The third kappa shape index (κ3) is 1.47. The molecule has 0 saturated heterocycles. The van der Waals surface area contributed by atoms with Crippen LogP contribution in [0, 0.1) is 0 Å². The van der Waals surface area contributed by atoms with E-state index in [1.165, 1.54) is 0 Å². The summed E-state index contributed by atoms with van der Waals surface area (Å²) in [5.41, 5.74) is 1.43. The third-order valence-corrected chi connectivity index (χ3v) is 3.68. The van der Waals surface area contributed by atoms with Crippen LogP contribution in [-0.2, 0) is 0 Å². The summed E-state index contributed by atoms with van der Waals surface area (Å²) in [5, 5.41) is 2.09. The van der Waals surface area contributed by atoms with Crippen LogP contribution >= 0.6 is 15.9 Å². The van der Waals surface area contributed by atoms with Gasteiger partial charge in [0.25, 0.3) is 0 Å². The molecule has 0 fully saturated rings. The van der Waals surface area contributed by atoms with Crippen molar-refractivity contribution >= 4 is 48.8 Å². The SMILES string of the molecule is O=c1oc2ccccc2c2oc3cc(Br)ccc3c12. The van der Waals surface area contributed by atoms with E-state index in [9.17, 15) is 4.79 Å². The molecular weight excluding hydrogens is 308 g/mol. The van der Waals surface area contributed by atoms with Gasteiger partial charge in [-0.15, -0.1) is 0 Å². The molecule has 0 radical (unpaired) electrons. The highest BCUT2D eigenvalue weighted by Crippen LogP contribution is 2.32. The van der Waals surface area contributed by atoms with Gasteiger partial charge in [0.05, 0.1) is 5.39 Å². The van der Waals surface area contributed by atoms with Gasteiger partial charge in [0.15, 0.2) is 5.58 Å². The molecule has 0 N–H and O–H groups in total. The first-order valence-electron chi connectivity index (χ1n) is 5.77. The first-order valence-corrected chi connectivity index (χ1v) is 6.57. The monoisotopic (exact) mass is 314 g/mol. The van der Waals surface area contributed by atoms with Crippen LogP contribution in [0.25, 0.3) is 32.9 Å². The van der Waals surface area contributed by atoms with Gasteiger partial charge < -0.3 is 8.83 Å². The summed E-state index contributed by atoms with van der Waals surface area (Å²) in [4.78, 5) is 12.1. The molecule has 0 bridgehead atoms. The number of hydrogen-bond donors (Lipinski definition) is 0. The molecule has 4 aromatic rings. The first kappa shape index (κ1) is 10.8. The Kier molecular flexibility index (Phi) is 2.11. The van der Waals surface area contributed by atoms with E-state index in [4.69, 9.17) is 8.83 Å². The Morgan fingerprint density at radius 1 is 0.895 bits per heavy atom. The van der Waals surface area contributed by atoms with Crippen molar-refractivity contribution < 1.29 is 8.83 Å². The molecule has 0 aliphatic heterocycles. The molecule has 92 valence electrons. The van der Waals surface area contributed by atoms with E-state index in [1.807, 2.05) is 36.4 Å². The summed E-state index contributed by atoms with van der Waals surface area (Å²) >= 11 is 3.40. The van der Waals surface area contributed by atoms with Crippen LogP contribution in [0.4, 0.5) is 0 Å². The zero-order valence-corrected chi connectivity index (χ0v) is 11.2. The van der Waals surface area contributed by atoms with Crippen molar-refractivity contribution in [2.45, 2.75) is 0 Å². The Bertz CT molecular complexity index is 995. The van der Waals surface area contributed by atoms with Gasteiger partial charge in [-0.2, -0.15) is 0 Å². The largest absolute Gasteiger partial charge is 0.455 e. The number of para-hydroxylation sites is 1. The van der Waals surface area contributed by atoms with Gasteiger partial charge in [-0.1, -0.05) is 28.1 Å². The van der Waals surface area contributed by atoms with Gasteiger partial charge in [0, 0.05) is 9.86 Å². The number of rotatable bonds is 0. The fourth-order valence-electron chi connectivity index (χ4n) is 2.36. The minimum absolute atomic E-state index is 0.366. The number of fused-ring (bicyclic) bond motifs is 5. The van der Waals surface area contributed by atoms with E-state index in [0.29, 0.717) is 22.1 Å². The predicted molar refractivity (Wildman–Crippen MR) is 77.5 cm³/mol. The van der Waals surface area contributed by atoms with E-state index in [2.05, 4.69) is 15.9 Å². The first-order chi connectivity index (χ1) is 9.24. The average Bonchev–Trinajstić information content (AvgIpc) is 2.78. The van der Waals surface area contributed by atoms with Crippen molar-refractivity contribution in [3.05, 3.63) is 57.4 Å². The summed E-state index contributed by atoms with van der Waals surface area (Å²) in [6.45, 7) is 0. The van der Waals surface area contributed by atoms with E-state index in [-0.39, 0.29) is 5.63 Å². The lowest BCUT2D eigenvalue weighted by molar-refractivity contribution is 0.567. The lowest BCUT2D eigenvalue weighted by atomic mass is 10.1. The van der Waals surface area contributed by atoms with Gasteiger partial charge in [0.1, 0.15) is 16.6 Å². The van der Waals surface area contributed by atoms with E-state index in [1.54, 1.807) is 6.07 Å². The van der Waals surface area contributed by atoms with Crippen LogP contribution in [0.3, 0.4) is 0 Å². The molecule has 0 atom stereocenters. The Labute approximate surface area is 115 Å². The second kappa shape index (κ2) is 3.71. The Hall–Kier alpha value is -2.07. The Morgan fingerprint density at radius 2 is 1.74 bits per heavy atom. The Morgan fingerprint density at radius 3 is 2.63 bits per heavy atom. The van der Waals surface area contributed by atoms with Crippen LogP contribution in [0.2, 0.25) is 0 Å². The number of hydrogen-bond acceptors (Lipinski definition) is 3. The van der Waals surface area contributed by atoms with E-state index in [0.717, 1.165) is 15.2 Å².